The van der Waals surface area contributed by atoms with Crippen LogP contribution in [0.25, 0.3) is 0 Å². The molecule has 0 aromatic heterocycles. The van der Waals surface area contributed by atoms with Gasteiger partial charge < -0.3 is 4.74 Å². The first kappa shape index (κ1) is 13.6. The average molecular weight is 275 g/mol. The standard InChI is InChI=1S/C16H15ClO2/c1-11-7-8-16(19-2)12(9-11)10-15(18)13-5-3-4-6-14(13)17/h3-9H,10H2,1-2H3. The molecular formula is C16H15ClO2. The van der Waals surface area contributed by atoms with Crippen LogP contribution in [0.1, 0.15) is 21.5 Å². The quantitative estimate of drug-likeness (QED) is 0.785. The third kappa shape index (κ3) is 3.15. The van der Waals surface area contributed by atoms with Gasteiger partial charge in [-0.2, -0.15) is 0 Å². The summed E-state index contributed by atoms with van der Waals surface area (Å²) in [5.74, 6) is 0.723. The molecule has 0 atom stereocenters. The van der Waals surface area contributed by atoms with E-state index < -0.39 is 0 Å². The molecule has 0 saturated carbocycles. The Morgan fingerprint density at radius 3 is 2.63 bits per heavy atom. The van der Waals surface area contributed by atoms with Crippen molar-refractivity contribution in [3.63, 3.8) is 0 Å². The zero-order chi connectivity index (χ0) is 13.8. The summed E-state index contributed by atoms with van der Waals surface area (Å²) < 4.78 is 5.28. The first-order valence-electron chi connectivity index (χ1n) is 6.03. The Morgan fingerprint density at radius 1 is 1.21 bits per heavy atom. The van der Waals surface area contributed by atoms with Crippen molar-refractivity contribution in [1.82, 2.24) is 0 Å². The average Bonchev–Trinajstić information content (AvgIpc) is 2.39. The molecule has 0 aliphatic rings. The summed E-state index contributed by atoms with van der Waals surface area (Å²) in [7, 11) is 1.61. The van der Waals surface area contributed by atoms with Crippen LogP contribution in [0.2, 0.25) is 5.02 Å². The maximum atomic E-state index is 12.3. The number of ketones is 1. The number of halogens is 1. The fourth-order valence-electron chi connectivity index (χ4n) is 2.00. The molecule has 2 aromatic rings. The van der Waals surface area contributed by atoms with Gasteiger partial charge in [-0.15, -0.1) is 0 Å². The molecule has 0 N–H and O–H groups in total. The van der Waals surface area contributed by atoms with Gasteiger partial charge in [0.1, 0.15) is 5.75 Å². The fraction of sp³-hybridized carbons (Fsp3) is 0.188. The van der Waals surface area contributed by atoms with Crippen LogP contribution in [0.3, 0.4) is 0 Å². The van der Waals surface area contributed by atoms with E-state index in [-0.39, 0.29) is 12.2 Å². The molecule has 0 unspecified atom stereocenters. The van der Waals surface area contributed by atoms with Crippen molar-refractivity contribution in [2.24, 2.45) is 0 Å². The number of rotatable bonds is 4. The van der Waals surface area contributed by atoms with Crippen LogP contribution in [-0.2, 0) is 6.42 Å². The summed E-state index contributed by atoms with van der Waals surface area (Å²) in [5, 5.41) is 0.485. The van der Waals surface area contributed by atoms with Crippen LogP contribution in [0.4, 0.5) is 0 Å². The highest BCUT2D eigenvalue weighted by Gasteiger charge is 2.13. The zero-order valence-corrected chi connectivity index (χ0v) is 11.7. The topological polar surface area (TPSA) is 26.3 Å². The van der Waals surface area contributed by atoms with Crippen molar-refractivity contribution >= 4 is 17.4 Å². The minimum Gasteiger partial charge on any atom is -0.496 e. The summed E-state index contributed by atoms with van der Waals surface area (Å²) in [6.07, 6.45) is 0.286. The molecule has 3 heteroatoms. The number of methoxy groups -OCH3 is 1. The molecule has 0 bridgehead atoms. The lowest BCUT2D eigenvalue weighted by Crippen LogP contribution is -2.06. The van der Waals surface area contributed by atoms with Gasteiger partial charge in [0.05, 0.1) is 12.1 Å². The Labute approximate surface area is 118 Å². The largest absolute Gasteiger partial charge is 0.496 e. The van der Waals surface area contributed by atoms with Gasteiger partial charge in [-0.25, -0.2) is 0 Å². The van der Waals surface area contributed by atoms with Gasteiger partial charge in [-0.1, -0.05) is 41.4 Å². The zero-order valence-electron chi connectivity index (χ0n) is 10.9. The summed E-state index contributed by atoms with van der Waals surface area (Å²) in [6, 6.07) is 12.9. The van der Waals surface area contributed by atoms with E-state index in [9.17, 15) is 4.79 Å². The van der Waals surface area contributed by atoms with Gasteiger partial charge in [0.15, 0.2) is 5.78 Å². The van der Waals surface area contributed by atoms with E-state index in [1.165, 1.54) is 0 Å². The van der Waals surface area contributed by atoms with E-state index in [4.69, 9.17) is 16.3 Å². The normalized spacial score (nSPS) is 10.3. The summed E-state index contributed by atoms with van der Waals surface area (Å²) in [4.78, 5) is 12.3. The molecule has 2 aromatic carbocycles. The molecule has 0 amide bonds. The van der Waals surface area contributed by atoms with Crippen LogP contribution in [0, 0.1) is 6.92 Å². The summed E-state index contributed by atoms with van der Waals surface area (Å²) in [5.41, 5.74) is 2.53. The number of benzene rings is 2. The van der Waals surface area contributed by atoms with Crippen LogP contribution in [0.5, 0.6) is 5.75 Å². The molecule has 0 aliphatic carbocycles. The molecule has 98 valence electrons. The molecule has 0 radical (unpaired) electrons. The number of carbonyl (C=O) groups is 1. The number of hydrogen-bond acceptors (Lipinski definition) is 2. The van der Waals surface area contributed by atoms with Crippen molar-refractivity contribution in [3.8, 4) is 5.75 Å². The highest BCUT2D eigenvalue weighted by molar-refractivity contribution is 6.34. The van der Waals surface area contributed by atoms with Crippen LogP contribution in [0.15, 0.2) is 42.5 Å². The highest BCUT2D eigenvalue weighted by Crippen LogP contribution is 2.23. The molecule has 2 nitrogen and oxygen atoms in total. The lowest BCUT2D eigenvalue weighted by molar-refractivity contribution is 0.0992. The van der Waals surface area contributed by atoms with Crippen LogP contribution in [-0.4, -0.2) is 12.9 Å². The Bertz CT molecular complexity index is 605. The minimum absolute atomic E-state index is 0.00509. The molecule has 0 fully saturated rings. The second-order valence-corrected chi connectivity index (χ2v) is 4.80. The van der Waals surface area contributed by atoms with Gasteiger partial charge in [0.2, 0.25) is 0 Å². The number of carbonyl (C=O) groups excluding carboxylic acids is 1. The predicted octanol–water partition coefficient (Wildman–Crippen LogP) is 4.08. The molecule has 0 spiro atoms. The van der Waals surface area contributed by atoms with Gasteiger partial charge in [-0.05, 0) is 25.1 Å². The number of ether oxygens (including phenoxy) is 1. The Balaban J connectivity index is 2.29. The maximum absolute atomic E-state index is 12.3. The smallest absolute Gasteiger partial charge is 0.168 e. The predicted molar refractivity (Wildman–Crippen MR) is 77.2 cm³/mol. The third-order valence-electron chi connectivity index (χ3n) is 2.96. The van der Waals surface area contributed by atoms with E-state index >= 15 is 0 Å². The Kier molecular flexibility index (Phi) is 4.23. The fourth-order valence-corrected chi connectivity index (χ4v) is 2.24. The van der Waals surface area contributed by atoms with Gasteiger partial charge in [0.25, 0.3) is 0 Å². The third-order valence-corrected chi connectivity index (χ3v) is 3.29. The van der Waals surface area contributed by atoms with Crippen molar-refractivity contribution < 1.29 is 9.53 Å². The van der Waals surface area contributed by atoms with Crippen molar-refractivity contribution in [3.05, 3.63) is 64.2 Å². The Morgan fingerprint density at radius 2 is 1.95 bits per heavy atom. The van der Waals surface area contributed by atoms with Crippen LogP contribution < -0.4 is 4.74 Å². The first-order valence-corrected chi connectivity index (χ1v) is 6.41. The van der Waals surface area contributed by atoms with Gasteiger partial charge >= 0.3 is 0 Å². The molecule has 0 saturated heterocycles. The number of hydrogen-bond donors (Lipinski definition) is 0. The molecule has 19 heavy (non-hydrogen) atoms. The van der Waals surface area contributed by atoms with Crippen molar-refractivity contribution in [2.75, 3.05) is 7.11 Å². The molecule has 0 heterocycles. The highest BCUT2D eigenvalue weighted by atomic mass is 35.5. The number of Topliss-reactive ketones (excluding diaryl/α,β-unsaturated/α-hetero) is 1. The minimum atomic E-state index is -0.00509. The first-order chi connectivity index (χ1) is 9.11. The van der Waals surface area contributed by atoms with Crippen molar-refractivity contribution in [2.45, 2.75) is 13.3 Å². The molecular weight excluding hydrogens is 260 g/mol. The lowest BCUT2D eigenvalue weighted by atomic mass is 10.0. The monoisotopic (exact) mass is 274 g/mol. The van der Waals surface area contributed by atoms with E-state index in [1.54, 1.807) is 19.2 Å². The SMILES string of the molecule is COc1ccc(C)cc1CC(=O)c1ccccc1Cl. The van der Waals surface area contributed by atoms with E-state index in [0.717, 1.165) is 16.9 Å². The second-order valence-electron chi connectivity index (χ2n) is 4.40. The maximum Gasteiger partial charge on any atom is 0.168 e. The second kappa shape index (κ2) is 5.89. The molecule has 0 aliphatic heterocycles. The van der Waals surface area contributed by atoms with Crippen molar-refractivity contribution in [1.29, 1.82) is 0 Å². The lowest BCUT2D eigenvalue weighted by Gasteiger charge is -2.09. The molecule has 2 rings (SSSR count). The number of aryl methyl sites for hydroxylation is 1. The van der Waals surface area contributed by atoms with Crippen LogP contribution >= 0.6 is 11.6 Å². The van der Waals surface area contributed by atoms with E-state index in [0.29, 0.717) is 10.6 Å². The van der Waals surface area contributed by atoms with E-state index in [2.05, 4.69) is 0 Å². The van der Waals surface area contributed by atoms with E-state index in [1.807, 2.05) is 37.3 Å². The van der Waals surface area contributed by atoms with Gasteiger partial charge in [0, 0.05) is 17.5 Å². The Hall–Kier alpha value is -1.80. The summed E-state index contributed by atoms with van der Waals surface area (Å²) >= 11 is 6.04. The van der Waals surface area contributed by atoms with Gasteiger partial charge in [-0.3, -0.25) is 4.79 Å². The summed E-state index contributed by atoms with van der Waals surface area (Å²) in [6.45, 7) is 1.99.